The molecular formula is C23H24Cl2O7. The molecule has 0 saturated heterocycles. The monoisotopic (exact) mass is 482 g/mol. The van der Waals surface area contributed by atoms with Gasteiger partial charge in [-0.05, 0) is 50.1 Å². The molecule has 9 heteroatoms. The predicted molar refractivity (Wildman–Crippen MR) is 120 cm³/mol. The van der Waals surface area contributed by atoms with Crippen LogP contribution in [0.25, 0.3) is 0 Å². The molecule has 3 rings (SSSR count). The molecule has 2 aliphatic rings. The van der Waals surface area contributed by atoms with Gasteiger partial charge in [-0.15, -0.1) is 0 Å². The number of carbonyl (C=O) groups excluding carboxylic acids is 2. The van der Waals surface area contributed by atoms with Crippen LogP contribution in [0.3, 0.4) is 0 Å². The van der Waals surface area contributed by atoms with E-state index in [0.717, 1.165) is 0 Å². The Kier molecular flexibility index (Phi) is 6.93. The van der Waals surface area contributed by atoms with E-state index in [1.54, 1.807) is 25.2 Å². The lowest BCUT2D eigenvalue weighted by molar-refractivity contribution is -0.152. The summed E-state index contributed by atoms with van der Waals surface area (Å²) in [6, 6.07) is 0. The maximum atomic E-state index is 13.2. The summed E-state index contributed by atoms with van der Waals surface area (Å²) in [5.74, 6) is -1.30. The number of ketones is 1. The van der Waals surface area contributed by atoms with Crippen molar-refractivity contribution in [3.05, 3.63) is 56.8 Å². The molecule has 0 aromatic heterocycles. The molecule has 1 aromatic carbocycles. The van der Waals surface area contributed by atoms with Gasteiger partial charge in [-0.2, -0.15) is 0 Å². The summed E-state index contributed by atoms with van der Waals surface area (Å²) in [4.78, 5) is 26.2. The van der Waals surface area contributed by atoms with Crippen LogP contribution in [0.2, 0.25) is 10.0 Å². The fraction of sp³-hybridized carbons (Fsp3) is 0.391. The highest BCUT2D eigenvalue weighted by atomic mass is 35.5. The van der Waals surface area contributed by atoms with Crippen LogP contribution in [0, 0.1) is 12.8 Å². The number of benzene rings is 1. The second-order valence-corrected chi connectivity index (χ2v) is 8.36. The van der Waals surface area contributed by atoms with Gasteiger partial charge in [0.25, 0.3) is 0 Å². The van der Waals surface area contributed by atoms with Gasteiger partial charge in [0.15, 0.2) is 17.1 Å². The van der Waals surface area contributed by atoms with Crippen molar-refractivity contribution in [2.75, 3.05) is 20.8 Å². The molecule has 7 nitrogen and oxygen atoms in total. The fourth-order valence-electron chi connectivity index (χ4n) is 3.83. The van der Waals surface area contributed by atoms with Crippen LogP contribution >= 0.6 is 23.2 Å². The molecule has 0 saturated carbocycles. The molecule has 0 radical (unpaired) electrons. The van der Waals surface area contributed by atoms with Crippen molar-refractivity contribution >= 4 is 35.0 Å². The molecule has 0 spiro atoms. The maximum absolute atomic E-state index is 13.2. The van der Waals surface area contributed by atoms with Gasteiger partial charge >= 0.3 is 5.97 Å². The second-order valence-electron chi connectivity index (χ2n) is 7.61. The first-order valence-electron chi connectivity index (χ1n) is 9.84. The lowest BCUT2D eigenvalue weighted by Gasteiger charge is -2.41. The van der Waals surface area contributed by atoms with Crippen LogP contribution < -0.4 is 9.47 Å². The van der Waals surface area contributed by atoms with E-state index in [2.05, 4.69) is 0 Å². The van der Waals surface area contributed by atoms with E-state index in [1.807, 2.05) is 6.92 Å². The number of esters is 1. The number of carbonyl (C=O) groups is 2. The summed E-state index contributed by atoms with van der Waals surface area (Å²) < 4.78 is 21.8. The lowest BCUT2D eigenvalue weighted by atomic mass is 9.74. The third-order valence-electron chi connectivity index (χ3n) is 5.68. The Labute approximate surface area is 196 Å². The van der Waals surface area contributed by atoms with Crippen molar-refractivity contribution < 1.29 is 33.6 Å². The summed E-state index contributed by atoms with van der Waals surface area (Å²) in [6.07, 6.45) is 5.29. The first-order chi connectivity index (χ1) is 15.1. The fourth-order valence-corrected chi connectivity index (χ4v) is 4.49. The van der Waals surface area contributed by atoms with Gasteiger partial charge in [-0.25, -0.2) is 4.79 Å². The van der Waals surface area contributed by atoms with Gasteiger partial charge in [0, 0.05) is 5.92 Å². The van der Waals surface area contributed by atoms with E-state index in [-0.39, 0.29) is 33.7 Å². The Morgan fingerprint density at radius 1 is 1.22 bits per heavy atom. The number of ether oxygens (including phenoxy) is 4. The zero-order valence-corrected chi connectivity index (χ0v) is 19.8. The number of methoxy groups -OCH3 is 2. The maximum Gasteiger partial charge on any atom is 0.343 e. The lowest BCUT2D eigenvalue weighted by Crippen LogP contribution is -2.57. The topological polar surface area (TPSA) is 91.3 Å². The van der Waals surface area contributed by atoms with Crippen molar-refractivity contribution in [3.8, 4) is 11.5 Å². The first kappa shape index (κ1) is 24.2. The highest BCUT2D eigenvalue weighted by molar-refractivity contribution is 6.39. The normalized spacial score (nSPS) is 24.9. The third kappa shape index (κ3) is 3.89. The van der Waals surface area contributed by atoms with Gasteiger partial charge in [0.05, 0.1) is 25.8 Å². The largest absolute Gasteiger partial charge is 0.494 e. The van der Waals surface area contributed by atoms with Gasteiger partial charge in [-0.1, -0.05) is 29.3 Å². The number of rotatable bonds is 5. The van der Waals surface area contributed by atoms with E-state index in [1.165, 1.54) is 27.2 Å². The van der Waals surface area contributed by atoms with E-state index < -0.39 is 29.4 Å². The Morgan fingerprint density at radius 3 is 2.47 bits per heavy atom. The van der Waals surface area contributed by atoms with Crippen molar-refractivity contribution in [2.24, 2.45) is 5.92 Å². The predicted octanol–water partition coefficient (Wildman–Crippen LogP) is 4.21. The molecule has 32 heavy (non-hydrogen) atoms. The summed E-state index contributed by atoms with van der Waals surface area (Å²) in [6.45, 7) is 4.91. The quantitative estimate of drug-likeness (QED) is 0.628. The number of hydrogen-bond acceptors (Lipinski definition) is 7. The number of aliphatic hydroxyl groups excluding tert-OH is 1. The SMILES string of the molecule is CC=CC1=CC2=CC(=O)C(C)(OC(=O)c3c(C)c(Cl)c(OC)c(Cl)c3OC)C(O)C2CO1. The molecule has 1 aromatic rings. The molecule has 0 amide bonds. The van der Waals surface area contributed by atoms with Crippen molar-refractivity contribution in [1.82, 2.24) is 0 Å². The molecule has 172 valence electrons. The molecule has 0 fully saturated rings. The zero-order valence-electron chi connectivity index (χ0n) is 18.3. The van der Waals surface area contributed by atoms with Crippen LogP contribution in [-0.2, 0) is 14.3 Å². The average Bonchev–Trinajstić information content (AvgIpc) is 2.75. The Hall–Kier alpha value is -2.48. The minimum absolute atomic E-state index is 0.00655. The number of halogens is 2. The Bertz CT molecular complexity index is 1060. The molecule has 1 aliphatic carbocycles. The summed E-state index contributed by atoms with van der Waals surface area (Å²) >= 11 is 12.6. The molecule has 3 unspecified atom stereocenters. The number of hydrogen-bond donors (Lipinski definition) is 1. The highest BCUT2D eigenvalue weighted by Gasteiger charge is 2.52. The molecule has 1 heterocycles. The van der Waals surface area contributed by atoms with Gasteiger partial charge < -0.3 is 24.1 Å². The third-order valence-corrected chi connectivity index (χ3v) is 6.47. The van der Waals surface area contributed by atoms with E-state index in [9.17, 15) is 14.7 Å². The van der Waals surface area contributed by atoms with E-state index in [0.29, 0.717) is 16.9 Å². The van der Waals surface area contributed by atoms with Gasteiger partial charge in [0.1, 0.15) is 22.4 Å². The van der Waals surface area contributed by atoms with Crippen LogP contribution in [0.5, 0.6) is 11.5 Å². The van der Waals surface area contributed by atoms with Crippen molar-refractivity contribution in [1.29, 1.82) is 0 Å². The van der Waals surface area contributed by atoms with Crippen LogP contribution in [0.4, 0.5) is 0 Å². The summed E-state index contributed by atoms with van der Waals surface area (Å²) in [7, 11) is 2.71. The first-order valence-corrected chi connectivity index (χ1v) is 10.6. The smallest absolute Gasteiger partial charge is 0.343 e. The zero-order chi connectivity index (χ0) is 23.8. The summed E-state index contributed by atoms with van der Waals surface area (Å²) in [5, 5.41) is 11.1. The van der Waals surface area contributed by atoms with E-state index >= 15 is 0 Å². The van der Waals surface area contributed by atoms with Crippen LogP contribution in [-0.4, -0.2) is 49.4 Å². The average molecular weight is 483 g/mol. The number of aliphatic hydroxyl groups is 1. The molecular weight excluding hydrogens is 459 g/mol. The minimum atomic E-state index is -1.85. The molecule has 0 bridgehead atoms. The van der Waals surface area contributed by atoms with Crippen LogP contribution in [0.1, 0.15) is 29.8 Å². The van der Waals surface area contributed by atoms with Crippen molar-refractivity contribution in [3.63, 3.8) is 0 Å². The molecule has 1 N–H and O–H groups in total. The van der Waals surface area contributed by atoms with Crippen molar-refractivity contribution in [2.45, 2.75) is 32.5 Å². The van der Waals surface area contributed by atoms with Crippen LogP contribution in [0.15, 0.2) is 35.6 Å². The minimum Gasteiger partial charge on any atom is -0.494 e. The molecule has 1 aliphatic heterocycles. The van der Waals surface area contributed by atoms with Gasteiger partial charge in [-0.3, -0.25) is 4.79 Å². The van der Waals surface area contributed by atoms with Gasteiger partial charge in [0.2, 0.25) is 5.78 Å². The van der Waals surface area contributed by atoms with E-state index in [4.69, 9.17) is 42.1 Å². The Balaban J connectivity index is 2.01. The number of fused-ring (bicyclic) bond motifs is 1. The highest BCUT2D eigenvalue weighted by Crippen LogP contribution is 2.46. The Morgan fingerprint density at radius 2 is 1.88 bits per heavy atom. The standard InChI is InChI=1S/C23H24Cl2O7/c1-6-7-13-8-12-9-15(26)23(3,21(27)14(12)10-31-13)32-22(28)16-11(2)17(24)20(30-5)18(25)19(16)29-4/h6-9,14,21,27H,10H2,1-5H3. The second kappa shape index (κ2) is 9.17. The summed E-state index contributed by atoms with van der Waals surface area (Å²) in [5.41, 5.74) is -1.00. The molecule has 3 atom stereocenters. The number of allylic oxidation sites excluding steroid dienone is 3.